The molecule has 3 nitrogen and oxygen atoms in total. The first-order valence-corrected chi connectivity index (χ1v) is 6.34. The fraction of sp³-hybridized carbons (Fsp3) is 0.500. The normalized spacial score (nSPS) is 11.7. The molecule has 18 heavy (non-hydrogen) atoms. The van der Waals surface area contributed by atoms with Crippen LogP contribution in [0.4, 0.5) is 0 Å². The van der Waals surface area contributed by atoms with Crippen molar-refractivity contribution in [1.82, 2.24) is 4.90 Å². The van der Waals surface area contributed by atoms with Gasteiger partial charge in [0.05, 0.1) is 5.56 Å². The third-order valence-corrected chi connectivity index (χ3v) is 2.76. The van der Waals surface area contributed by atoms with Crippen LogP contribution < -0.4 is 4.74 Å². The van der Waals surface area contributed by atoms with Crippen LogP contribution in [0.2, 0.25) is 0 Å². The van der Waals surface area contributed by atoms with Crippen LogP contribution in [0.3, 0.4) is 0 Å². The molecule has 0 bridgehead atoms. The first-order valence-electron chi connectivity index (χ1n) is 5.89. The van der Waals surface area contributed by atoms with Gasteiger partial charge in [0.25, 0.3) is 0 Å². The summed E-state index contributed by atoms with van der Waals surface area (Å²) in [6.45, 7) is 6.71. The van der Waals surface area contributed by atoms with E-state index in [2.05, 4.69) is 17.5 Å². The van der Waals surface area contributed by atoms with Crippen LogP contribution in [0.25, 0.3) is 0 Å². The molecule has 1 aromatic rings. The summed E-state index contributed by atoms with van der Waals surface area (Å²) in [7, 11) is 3.99. The molecule has 0 N–H and O–H groups in total. The minimum atomic E-state index is -0.367. The van der Waals surface area contributed by atoms with Gasteiger partial charge in [-0.25, -0.2) is 0 Å². The van der Waals surface area contributed by atoms with Crippen molar-refractivity contribution in [2.75, 3.05) is 20.6 Å². The summed E-state index contributed by atoms with van der Waals surface area (Å²) >= 11 is 3.89. The Bertz CT molecular complexity index is 441. The number of carbonyl (C=O) groups excluding carboxylic acids is 1. The van der Waals surface area contributed by atoms with Crippen LogP contribution in [0.5, 0.6) is 5.75 Å². The van der Waals surface area contributed by atoms with Gasteiger partial charge in [0.2, 0.25) is 5.12 Å². The van der Waals surface area contributed by atoms with Gasteiger partial charge in [-0.2, -0.15) is 0 Å². The molecule has 0 aromatic heterocycles. The first-order chi connectivity index (χ1) is 8.23. The molecule has 0 radical (unpaired) electrons. The van der Waals surface area contributed by atoms with E-state index in [9.17, 15) is 4.79 Å². The average molecular weight is 267 g/mol. The molecule has 0 aliphatic rings. The van der Waals surface area contributed by atoms with Crippen LogP contribution in [0.1, 0.15) is 29.8 Å². The number of nitrogens with zero attached hydrogens (tertiary/aromatic N) is 1. The monoisotopic (exact) mass is 267 g/mol. The predicted molar refractivity (Wildman–Crippen MR) is 77.8 cm³/mol. The van der Waals surface area contributed by atoms with Crippen LogP contribution in [0, 0.1) is 6.92 Å². The molecule has 0 heterocycles. The number of para-hydroxylation sites is 1. The van der Waals surface area contributed by atoms with Crippen LogP contribution >= 0.6 is 12.6 Å². The van der Waals surface area contributed by atoms with Gasteiger partial charge in [-0.1, -0.05) is 12.1 Å². The fourth-order valence-electron chi connectivity index (χ4n) is 2.03. The Labute approximate surface area is 115 Å². The quantitative estimate of drug-likeness (QED) is 0.832. The van der Waals surface area contributed by atoms with E-state index < -0.39 is 0 Å². The number of thiol groups is 1. The Balaban J connectivity index is 3.06. The van der Waals surface area contributed by atoms with Crippen LogP contribution in [-0.2, 0) is 0 Å². The van der Waals surface area contributed by atoms with Crippen molar-refractivity contribution in [2.24, 2.45) is 0 Å². The van der Waals surface area contributed by atoms with E-state index in [1.807, 2.05) is 47.0 Å². The zero-order chi connectivity index (χ0) is 13.9. The summed E-state index contributed by atoms with van der Waals surface area (Å²) in [5, 5.41) is -0.269. The van der Waals surface area contributed by atoms with E-state index >= 15 is 0 Å². The number of rotatable bonds is 5. The highest BCUT2D eigenvalue weighted by Crippen LogP contribution is 2.28. The number of hydrogen-bond acceptors (Lipinski definition) is 3. The Hall–Kier alpha value is -1.00. The van der Waals surface area contributed by atoms with Gasteiger partial charge in [0.1, 0.15) is 11.4 Å². The first kappa shape index (κ1) is 15.1. The summed E-state index contributed by atoms with van der Waals surface area (Å²) in [5.41, 5.74) is 1.10. The van der Waals surface area contributed by atoms with E-state index in [1.165, 1.54) is 0 Å². The van der Waals surface area contributed by atoms with Crippen molar-refractivity contribution in [3.05, 3.63) is 29.3 Å². The van der Waals surface area contributed by atoms with Gasteiger partial charge in [-0.15, -0.1) is 12.6 Å². The molecule has 1 rings (SSSR count). The van der Waals surface area contributed by atoms with Crippen molar-refractivity contribution in [3.8, 4) is 5.75 Å². The van der Waals surface area contributed by atoms with E-state index in [0.29, 0.717) is 11.3 Å². The third kappa shape index (κ3) is 4.03. The maximum atomic E-state index is 11.5. The Kier molecular flexibility index (Phi) is 4.82. The molecule has 0 aliphatic heterocycles. The maximum Gasteiger partial charge on any atom is 0.220 e. The highest BCUT2D eigenvalue weighted by atomic mass is 32.1. The SMILES string of the molecule is Cc1cccc(C(=O)S)c1OC(C)(C)CN(C)C. The number of carbonyl (C=O) groups is 1. The summed E-state index contributed by atoms with van der Waals surface area (Å²) < 4.78 is 6.02. The largest absolute Gasteiger partial charge is 0.485 e. The number of hydrogen-bond donors (Lipinski definition) is 1. The molecule has 0 saturated carbocycles. The number of likely N-dealkylation sites (N-methyl/N-ethyl adjacent to an activating group) is 1. The molecule has 1 aromatic carbocycles. The van der Waals surface area contributed by atoms with Crippen molar-refractivity contribution < 1.29 is 9.53 Å². The Morgan fingerprint density at radius 3 is 2.50 bits per heavy atom. The number of benzene rings is 1. The highest BCUT2D eigenvalue weighted by molar-refractivity contribution is 7.97. The molecule has 0 saturated heterocycles. The second-order valence-corrected chi connectivity index (χ2v) is 5.76. The van der Waals surface area contributed by atoms with E-state index in [-0.39, 0.29) is 10.7 Å². The second-order valence-electron chi connectivity index (χ2n) is 5.36. The van der Waals surface area contributed by atoms with Crippen molar-refractivity contribution in [1.29, 1.82) is 0 Å². The minimum absolute atomic E-state index is 0.269. The summed E-state index contributed by atoms with van der Waals surface area (Å²) in [5.74, 6) is 0.629. The predicted octanol–water partition coefficient (Wildman–Crippen LogP) is 2.78. The second kappa shape index (κ2) is 5.76. The third-order valence-electron chi connectivity index (χ3n) is 2.52. The van der Waals surface area contributed by atoms with E-state index in [4.69, 9.17) is 4.74 Å². The highest BCUT2D eigenvalue weighted by Gasteiger charge is 2.24. The molecule has 100 valence electrons. The van der Waals surface area contributed by atoms with Gasteiger partial charge < -0.3 is 9.64 Å². The molecule has 0 fully saturated rings. The van der Waals surface area contributed by atoms with Crippen LogP contribution in [-0.4, -0.2) is 36.3 Å². The van der Waals surface area contributed by atoms with Crippen molar-refractivity contribution in [2.45, 2.75) is 26.4 Å². The maximum absolute atomic E-state index is 11.5. The lowest BCUT2D eigenvalue weighted by Crippen LogP contribution is -2.40. The van der Waals surface area contributed by atoms with Gasteiger partial charge in [0.15, 0.2) is 0 Å². The lowest BCUT2D eigenvalue weighted by Gasteiger charge is -2.31. The zero-order valence-electron chi connectivity index (χ0n) is 11.7. The fourth-order valence-corrected chi connectivity index (χ4v) is 2.20. The summed E-state index contributed by atoms with van der Waals surface area (Å²) in [6.07, 6.45) is 0. The molecule has 0 spiro atoms. The minimum Gasteiger partial charge on any atom is -0.485 e. The molecule has 0 amide bonds. The summed E-state index contributed by atoms with van der Waals surface area (Å²) in [4.78, 5) is 13.6. The standard InChI is InChI=1S/C14H21NO2S/c1-10-7-6-8-11(13(16)18)12(10)17-14(2,3)9-15(4)5/h6-8H,9H2,1-5H3,(H,16,18). The molecular weight excluding hydrogens is 246 g/mol. The lowest BCUT2D eigenvalue weighted by molar-refractivity contribution is 0.0751. The lowest BCUT2D eigenvalue weighted by atomic mass is 10.1. The van der Waals surface area contributed by atoms with Crippen molar-refractivity contribution >= 4 is 17.7 Å². The van der Waals surface area contributed by atoms with Crippen LogP contribution in [0.15, 0.2) is 18.2 Å². The molecular formula is C14H21NO2S. The van der Waals surface area contributed by atoms with E-state index in [1.54, 1.807) is 6.07 Å². The Morgan fingerprint density at radius 1 is 1.39 bits per heavy atom. The van der Waals surface area contributed by atoms with Gasteiger partial charge >= 0.3 is 0 Å². The molecule has 0 unspecified atom stereocenters. The number of aryl methyl sites for hydroxylation is 1. The number of ether oxygens (including phenoxy) is 1. The zero-order valence-corrected chi connectivity index (χ0v) is 12.5. The smallest absolute Gasteiger partial charge is 0.220 e. The summed E-state index contributed by atoms with van der Waals surface area (Å²) in [6, 6.07) is 5.51. The molecule has 0 atom stereocenters. The van der Waals surface area contributed by atoms with Crippen molar-refractivity contribution in [3.63, 3.8) is 0 Å². The van der Waals surface area contributed by atoms with E-state index in [0.717, 1.165) is 12.1 Å². The van der Waals surface area contributed by atoms with Gasteiger partial charge in [-0.05, 0) is 46.5 Å². The van der Waals surface area contributed by atoms with Gasteiger partial charge in [-0.3, -0.25) is 4.79 Å². The Morgan fingerprint density at radius 2 is 2.00 bits per heavy atom. The molecule has 0 aliphatic carbocycles. The average Bonchev–Trinajstić information content (AvgIpc) is 2.18. The topological polar surface area (TPSA) is 29.5 Å². The van der Waals surface area contributed by atoms with Gasteiger partial charge in [0, 0.05) is 6.54 Å². The molecule has 4 heteroatoms.